The van der Waals surface area contributed by atoms with Gasteiger partial charge in [-0.1, -0.05) is 30.3 Å². The van der Waals surface area contributed by atoms with Crippen molar-refractivity contribution in [3.05, 3.63) is 35.9 Å². The molecule has 23 heavy (non-hydrogen) atoms. The van der Waals surface area contributed by atoms with Gasteiger partial charge in [0.1, 0.15) is 12.6 Å². The van der Waals surface area contributed by atoms with Crippen molar-refractivity contribution in [2.45, 2.75) is 25.2 Å². The Labute approximate surface area is 129 Å². The van der Waals surface area contributed by atoms with Crippen molar-refractivity contribution >= 4 is 17.8 Å². The Morgan fingerprint density at radius 3 is 2.09 bits per heavy atom. The van der Waals surface area contributed by atoms with Crippen LogP contribution in [0.2, 0.25) is 0 Å². The Morgan fingerprint density at radius 2 is 1.70 bits per heavy atom. The molecule has 0 saturated heterocycles. The Kier molecular flexibility index (Phi) is 8.34. The van der Waals surface area contributed by atoms with Crippen LogP contribution in [0.1, 0.15) is 12.0 Å². The number of amides is 1. The molecule has 5 N–H and O–H groups in total. The van der Waals surface area contributed by atoms with E-state index in [0.29, 0.717) is 0 Å². The number of nitrogens with two attached hydrogens (primary N) is 1. The van der Waals surface area contributed by atoms with Crippen molar-refractivity contribution in [2.75, 3.05) is 0 Å². The lowest BCUT2D eigenvalue weighted by Crippen LogP contribution is -2.66. The number of carbonyl (C=O) groups is 3. The van der Waals surface area contributed by atoms with Crippen LogP contribution in [-0.4, -0.2) is 30.1 Å². The standard InChI is InChI=1S/C11H14N2O3.C2HF3O2/c12-9(6-10(13)14)11(15)16-7-8-4-2-1-3-5-8;3-2(4,5)1(6)7/h1-5,9H,6-7,12H2,(H2,13,14);(H,6,7)/t9-;/m0./s1. The van der Waals surface area contributed by atoms with Crippen molar-refractivity contribution in [3.8, 4) is 0 Å². The molecule has 0 bridgehead atoms. The van der Waals surface area contributed by atoms with Crippen LogP contribution in [-0.2, 0) is 25.7 Å². The second-order valence-corrected chi connectivity index (χ2v) is 4.25. The van der Waals surface area contributed by atoms with Gasteiger partial charge in [-0.3, -0.25) is 4.79 Å². The summed E-state index contributed by atoms with van der Waals surface area (Å²) in [5, 5.41) is 8.78. The number of carbonyl (C=O) groups excluding carboxylic acids is 3. The zero-order chi connectivity index (χ0) is 18.0. The normalized spacial score (nSPS) is 11.7. The van der Waals surface area contributed by atoms with Crippen LogP contribution < -0.4 is 16.6 Å². The molecule has 0 heterocycles. The fraction of sp³-hybridized carbons (Fsp3) is 0.308. The minimum Gasteiger partial charge on any atom is -0.542 e. The number of hydrogen-bond acceptors (Lipinski definition) is 5. The number of rotatable bonds is 5. The number of quaternary nitrogens is 1. The van der Waals surface area contributed by atoms with Crippen LogP contribution in [0.5, 0.6) is 0 Å². The van der Waals surface area contributed by atoms with Gasteiger partial charge in [-0.2, -0.15) is 13.2 Å². The predicted molar refractivity (Wildman–Crippen MR) is 67.8 cm³/mol. The number of halogens is 3. The molecular formula is C13H15F3N2O5. The summed E-state index contributed by atoms with van der Waals surface area (Å²) in [5.74, 6) is -4.08. The first kappa shape index (κ1) is 20.4. The first-order valence-electron chi connectivity index (χ1n) is 6.14. The number of primary amides is 1. The molecule has 1 aromatic rings. The summed E-state index contributed by atoms with van der Waals surface area (Å²) in [6, 6.07) is 8.55. The quantitative estimate of drug-likeness (QED) is 0.631. The van der Waals surface area contributed by atoms with E-state index in [4.69, 9.17) is 20.4 Å². The molecule has 0 radical (unpaired) electrons. The Balaban J connectivity index is 0.000000585. The number of ether oxygens (including phenoxy) is 1. The third-order valence-corrected chi connectivity index (χ3v) is 2.24. The molecule has 0 unspecified atom stereocenters. The average Bonchev–Trinajstić information content (AvgIpc) is 2.44. The average molecular weight is 336 g/mol. The summed E-state index contributed by atoms with van der Waals surface area (Å²) >= 11 is 0. The molecule has 0 spiro atoms. The molecule has 0 fully saturated rings. The van der Waals surface area contributed by atoms with Crippen LogP contribution in [0.15, 0.2) is 30.3 Å². The maximum Gasteiger partial charge on any atom is 0.430 e. The summed E-state index contributed by atoms with van der Waals surface area (Å²) in [7, 11) is 0. The third kappa shape index (κ3) is 9.85. The van der Waals surface area contributed by atoms with Gasteiger partial charge in [0.15, 0.2) is 6.04 Å². The lowest BCUT2D eigenvalue weighted by atomic mass is 10.2. The van der Waals surface area contributed by atoms with E-state index in [9.17, 15) is 22.8 Å². The number of carboxylic acid groups (broad SMARTS) is 1. The van der Waals surface area contributed by atoms with Gasteiger partial charge in [0.25, 0.3) is 0 Å². The number of carboxylic acids is 1. The summed E-state index contributed by atoms with van der Waals surface area (Å²) in [6.07, 6.45) is -5.28. The minimum absolute atomic E-state index is 0.0897. The van der Waals surface area contributed by atoms with Crippen molar-refractivity contribution < 1.29 is 43.1 Å². The Bertz CT molecular complexity index is 534. The number of esters is 1. The molecule has 10 heteroatoms. The molecule has 1 aromatic carbocycles. The smallest absolute Gasteiger partial charge is 0.430 e. The molecule has 0 aromatic heterocycles. The first-order chi connectivity index (χ1) is 10.5. The SMILES string of the molecule is NC(=O)C[C@H]([NH3+])C(=O)OCc1ccccc1.O=C([O-])C(F)(F)F. The highest BCUT2D eigenvalue weighted by molar-refractivity contribution is 5.83. The highest BCUT2D eigenvalue weighted by Crippen LogP contribution is 2.11. The fourth-order valence-electron chi connectivity index (χ4n) is 1.17. The van der Waals surface area contributed by atoms with Crippen molar-refractivity contribution in [2.24, 2.45) is 5.73 Å². The van der Waals surface area contributed by atoms with Crippen molar-refractivity contribution in [3.63, 3.8) is 0 Å². The highest BCUT2D eigenvalue weighted by Gasteiger charge is 2.28. The molecule has 1 atom stereocenters. The van der Waals surface area contributed by atoms with Crippen LogP contribution >= 0.6 is 0 Å². The number of hydrogen-bond donors (Lipinski definition) is 2. The fourth-order valence-corrected chi connectivity index (χ4v) is 1.17. The van der Waals surface area contributed by atoms with Gasteiger partial charge in [0.05, 0.1) is 6.42 Å². The molecule has 0 saturated carbocycles. The zero-order valence-corrected chi connectivity index (χ0v) is 11.8. The van der Waals surface area contributed by atoms with E-state index in [1.165, 1.54) is 0 Å². The topological polar surface area (TPSA) is 137 Å². The van der Waals surface area contributed by atoms with Gasteiger partial charge in [-0.25, -0.2) is 4.79 Å². The van der Waals surface area contributed by atoms with E-state index in [-0.39, 0.29) is 13.0 Å². The monoisotopic (exact) mass is 336 g/mol. The van der Waals surface area contributed by atoms with Crippen molar-refractivity contribution in [1.29, 1.82) is 0 Å². The minimum atomic E-state index is -5.19. The predicted octanol–water partition coefficient (Wildman–Crippen LogP) is -1.49. The van der Waals surface area contributed by atoms with Crippen LogP contribution in [0.4, 0.5) is 13.2 Å². The van der Waals surface area contributed by atoms with E-state index in [2.05, 4.69) is 5.73 Å². The van der Waals surface area contributed by atoms with Gasteiger partial charge in [0, 0.05) is 0 Å². The number of benzene rings is 1. The lowest BCUT2D eigenvalue weighted by molar-refractivity contribution is -0.407. The van der Waals surface area contributed by atoms with Gasteiger partial charge in [0.2, 0.25) is 5.91 Å². The van der Waals surface area contributed by atoms with Gasteiger partial charge < -0.3 is 26.1 Å². The molecule has 1 amide bonds. The largest absolute Gasteiger partial charge is 0.542 e. The van der Waals surface area contributed by atoms with Gasteiger partial charge >= 0.3 is 12.1 Å². The van der Waals surface area contributed by atoms with E-state index in [0.717, 1.165) is 5.56 Å². The highest BCUT2D eigenvalue weighted by atomic mass is 19.4. The van der Waals surface area contributed by atoms with Gasteiger partial charge in [-0.05, 0) is 5.56 Å². The van der Waals surface area contributed by atoms with Crippen molar-refractivity contribution in [1.82, 2.24) is 0 Å². The molecule has 128 valence electrons. The molecule has 7 nitrogen and oxygen atoms in total. The molecule has 0 aliphatic rings. The van der Waals surface area contributed by atoms with Crippen LogP contribution in [0.25, 0.3) is 0 Å². The van der Waals surface area contributed by atoms with Gasteiger partial charge in [-0.15, -0.1) is 0 Å². The number of alkyl halides is 3. The van der Waals surface area contributed by atoms with E-state index in [1.807, 2.05) is 30.3 Å². The summed E-state index contributed by atoms with van der Waals surface area (Å²) in [5.41, 5.74) is 9.36. The molecule has 0 aliphatic heterocycles. The molecule has 0 aliphatic carbocycles. The summed E-state index contributed by atoms with van der Waals surface area (Å²) < 4.78 is 36.5. The third-order valence-electron chi connectivity index (χ3n) is 2.24. The van der Waals surface area contributed by atoms with E-state index >= 15 is 0 Å². The Morgan fingerprint density at radius 1 is 1.22 bits per heavy atom. The molecular weight excluding hydrogens is 321 g/mol. The lowest BCUT2D eigenvalue weighted by Gasteiger charge is -2.07. The molecule has 1 rings (SSSR count). The second kappa shape index (κ2) is 9.41. The maximum absolute atomic E-state index is 11.4. The first-order valence-corrected chi connectivity index (χ1v) is 6.14. The Hall–Kier alpha value is -2.62. The maximum atomic E-state index is 11.4. The second-order valence-electron chi connectivity index (χ2n) is 4.25. The van der Waals surface area contributed by atoms with E-state index < -0.39 is 30.1 Å². The summed E-state index contributed by atoms with van der Waals surface area (Å²) in [4.78, 5) is 30.7. The van der Waals surface area contributed by atoms with Crippen LogP contribution in [0.3, 0.4) is 0 Å². The zero-order valence-electron chi connectivity index (χ0n) is 11.8. The van der Waals surface area contributed by atoms with E-state index in [1.54, 1.807) is 0 Å². The summed E-state index contributed by atoms with van der Waals surface area (Å²) in [6.45, 7) is 0.185. The number of aliphatic carboxylic acids is 1. The van der Waals surface area contributed by atoms with Crippen LogP contribution in [0, 0.1) is 0 Å².